The summed E-state index contributed by atoms with van der Waals surface area (Å²) in [6, 6.07) is 7.97. The second kappa shape index (κ2) is 7.63. The number of rotatable bonds is 6. The standard InChI is InChI=1S/C18H28N2O2/c1-18(2,3)15-4-6-16(7-5-15)22-13-17(21)20-11-9-14-8-10-19-12-14/h4-7,14,19H,8-13H2,1-3H3,(H,20,21). The number of amides is 1. The zero-order chi connectivity index (χ0) is 16.0. The van der Waals surface area contributed by atoms with Crippen LogP contribution in [0.1, 0.15) is 39.2 Å². The highest BCUT2D eigenvalue weighted by molar-refractivity contribution is 5.77. The van der Waals surface area contributed by atoms with E-state index in [0.717, 1.165) is 31.8 Å². The third-order valence-electron chi connectivity index (χ3n) is 4.13. The summed E-state index contributed by atoms with van der Waals surface area (Å²) in [4.78, 5) is 11.8. The fraction of sp³-hybridized carbons (Fsp3) is 0.611. The van der Waals surface area contributed by atoms with Crippen LogP contribution in [-0.4, -0.2) is 32.1 Å². The predicted molar refractivity (Wildman–Crippen MR) is 89.2 cm³/mol. The Morgan fingerprint density at radius 1 is 1.32 bits per heavy atom. The van der Waals surface area contributed by atoms with Gasteiger partial charge < -0.3 is 15.4 Å². The molecule has 1 saturated heterocycles. The lowest BCUT2D eigenvalue weighted by Gasteiger charge is -2.19. The van der Waals surface area contributed by atoms with Gasteiger partial charge in [-0.25, -0.2) is 0 Å². The highest BCUT2D eigenvalue weighted by Gasteiger charge is 2.15. The van der Waals surface area contributed by atoms with Crippen LogP contribution in [0.25, 0.3) is 0 Å². The molecular weight excluding hydrogens is 276 g/mol. The minimum Gasteiger partial charge on any atom is -0.484 e. The van der Waals surface area contributed by atoms with Crippen molar-refractivity contribution in [3.63, 3.8) is 0 Å². The van der Waals surface area contributed by atoms with Crippen molar-refractivity contribution in [3.8, 4) is 5.75 Å². The Morgan fingerprint density at radius 3 is 2.64 bits per heavy atom. The lowest BCUT2D eigenvalue weighted by Crippen LogP contribution is -2.30. The summed E-state index contributed by atoms with van der Waals surface area (Å²) in [6.45, 7) is 9.52. The van der Waals surface area contributed by atoms with Crippen LogP contribution in [0.15, 0.2) is 24.3 Å². The first-order chi connectivity index (χ1) is 10.4. The maximum absolute atomic E-state index is 11.8. The van der Waals surface area contributed by atoms with Gasteiger partial charge in [-0.15, -0.1) is 0 Å². The molecule has 0 aromatic heterocycles. The van der Waals surface area contributed by atoms with E-state index in [4.69, 9.17) is 4.74 Å². The average Bonchev–Trinajstić information content (AvgIpc) is 2.98. The minimum atomic E-state index is -0.0501. The van der Waals surface area contributed by atoms with Gasteiger partial charge in [-0.2, -0.15) is 0 Å². The smallest absolute Gasteiger partial charge is 0.257 e. The molecule has 2 N–H and O–H groups in total. The van der Waals surface area contributed by atoms with Gasteiger partial charge in [0, 0.05) is 6.54 Å². The van der Waals surface area contributed by atoms with Crippen LogP contribution in [0, 0.1) is 5.92 Å². The second-order valence-electron chi connectivity index (χ2n) is 7.06. The summed E-state index contributed by atoms with van der Waals surface area (Å²) in [6.07, 6.45) is 2.26. The molecule has 0 aliphatic carbocycles. The summed E-state index contributed by atoms with van der Waals surface area (Å²) < 4.78 is 5.53. The quantitative estimate of drug-likeness (QED) is 0.849. The summed E-state index contributed by atoms with van der Waals surface area (Å²) >= 11 is 0. The average molecular weight is 304 g/mol. The fourth-order valence-corrected chi connectivity index (χ4v) is 2.63. The van der Waals surface area contributed by atoms with Gasteiger partial charge in [0.1, 0.15) is 5.75 Å². The minimum absolute atomic E-state index is 0.0501. The van der Waals surface area contributed by atoms with Crippen molar-refractivity contribution in [2.75, 3.05) is 26.2 Å². The molecule has 1 aromatic carbocycles. The van der Waals surface area contributed by atoms with Crippen molar-refractivity contribution in [1.29, 1.82) is 0 Å². The summed E-state index contributed by atoms with van der Waals surface area (Å²) in [5.41, 5.74) is 1.39. The van der Waals surface area contributed by atoms with Crippen LogP contribution in [0.4, 0.5) is 0 Å². The van der Waals surface area contributed by atoms with E-state index < -0.39 is 0 Å². The van der Waals surface area contributed by atoms with E-state index in [1.807, 2.05) is 12.1 Å². The van der Waals surface area contributed by atoms with Crippen LogP contribution < -0.4 is 15.4 Å². The molecule has 2 rings (SSSR count). The van der Waals surface area contributed by atoms with E-state index in [2.05, 4.69) is 43.5 Å². The van der Waals surface area contributed by atoms with E-state index in [1.54, 1.807) is 0 Å². The SMILES string of the molecule is CC(C)(C)c1ccc(OCC(=O)NCCC2CCNC2)cc1. The van der Waals surface area contributed by atoms with Crippen molar-refractivity contribution in [1.82, 2.24) is 10.6 Å². The summed E-state index contributed by atoms with van der Waals surface area (Å²) in [5.74, 6) is 1.39. The van der Waals surface area contributed by atoms with Crippen molar-refractivity contribution in [2.45, 2.75) is 39.0 Å². The maximum atomic E-state index is 11.8. The molecule has 1 unspecified atom stereocenters. The molecule has 1 aliphatic heterocycles. The van der Waals surface area contributed by atoms with Crippen molar-refractivity contribution >= 4 is 5.91 Å². The molecule has 0 radical (unpaired) electrons. The van der Waals surface area contributed by atoms with Crippen LogP contribution in [-0.2, 0) is 10.2 Å². The molecule has 1 fully saturated rings. The van der Waals surface area contributed by atoms with Crippen LogP contribution in [0.5, 0.6) is 5.75 Å². The lowest BCUT2D eigenvalue weighted by atomic mass is 9.87. The molecule has 1 heterocycles. The first-order valence-corrected chi connectivity index (χ1v) is 8.16. The van der Waals surface area contributed by atoms with Crippen LogP contribution in [0.3, 0.4) is 0 Å². The second-order valence-corrected chi connectivity index (χ2v) is 7.06. The number of hydrogen-bond acceptors (Lipinski definition) is 3. The van der Waals surface area contributed by atoms with Crippen LogP contribution in [0.2, 0.25) is 0 Å². The Hall–Kier alpha value is -1.55. The normalized spacial score (nSPS) is 18.2. The molecule has 22 heavy (non-hydrogen) atoms. The van der Waals surface area contributed by atoms with E-state index in [0.29, 0.717) is 5.92 Å². The first-order valence-electron chi connectivity index (χ1n) is 8.16. The number of hydrogen-bond donors (Lipinski definition) is 2. The van der Waals surface area contributed by atoms with Crippen molar-refractivity contribution < 1.29 is 9.53 Å². The van der Waals surface area contributed by atoms with Gasteiger partial charge in [0.05, 0.1) is 0 Å². The molecule has 0 saturated carbocycles. The highest BCUT2D eigenvalue weighted by Crippen LogP contribution is 2.24. The van der Waals surface area contributed by atoms with Crippen LogP contribution >= 0.6 is 0 Å². The van der Waals surface area contributed by atoms with Gasteiger partial charge >= 0.3 is 0 Å². The Morgan fingerprint density at radius 2 is 2.05 bits per heavy atom. The number of ether oxygens (including phenoxy) is 1. The molecule has 4 heteroatoms. The molecular formula is C18H28N2O2. The van der Waals surface area contributed by atoms with Crippen molar-refractivity contribution in [3.05, 3.63) is 29.8 Å². The zero-order valence-electron chi connectivity index (χ0n) is 13.9. The highest BCUT2D eigenvalue weighted by atomic mass is 16.5. The van der Waals surface area contributed by atoms with Gasteiger partial charge in [-0.1, -0.05) is 32.9 Å². The maximum Gasteiger partial charge on any atom is 0.257 e. The number of nitrogens with one attached hydrogen (secondary N) is 2. The molecule has 122 valence electrons. The molecule has 4 nitrogen and oxygen atoms in total. The Bertz CT molecular complexity index is 471. The first kappa shape index (κ1) is 16.8. The fourth-order valence-electron chi connectivity index (χ4n) is 2.63. The predicted octanol–water partition coefficient (Wildman–Crippen LogP) is 2.48. The topological polar surface area (TPSA) is 50.4 Å². The number of carbonyl (C=O) groups is 1. The number of carbonyl (C=O) groups excluding carboxylic acids is 1. The number of benzene rings is 1. The van der Waals surface area contributed by atoms with Gasteiger partial charge in [0.25, 0.3) is 5.91 Å². The Kier molecular flexibility index (Phi) is 5.83. The van der Waals surface area contributed by atoms with Crippen molar-refractivity contribution in [2.24, 2.45) is 5.92 Å². The van der Waals surface area contributed by atoms with E-state index in [1.165, 1.54) is 12.0 Å². The van der Waals surface area contributed by atoms with Gasteiger partial charge in [0.15, 0.2) is 6.61 Å². The zero-order valence-corrected chi connectivity index (χ0v) is 13.9. The van der Waals surface area contributed by atoms with Gasteiger partial charge in [-0.05, 0) is 55.0 Å². The molecule has 0 bridgehead atoms. The summed E-state index contributed by atoms with van der Waals surface area (Å²) in [7, 11) is 0. The molecule has 1 atom stereocenters. The molecule has 0 spiro atoms. The molecule has 1 aliphatic rings. The largest absolute Gasteiger partial charge is 0.484 e. The lowest BCUT2D eigenvalue weighted by molar-refractivity contribution is -0.123. The third-order valence-corrected chi connectivity index (χ3v) is 4.13. The van der Waals surface area contributed by atoms with E-state index in [-0.39, 0.29) is 17.9 Å². The Labute approximate surface area is 133 Å². The van der Waals surface area contributed by atoms with Gasteiger partial charge in [0.2, 0.25) is 0 Å². The van der Waals surface area contributed by atoms with E-state index >= 15 is 0 Å². The molecule has 1 aromatic rings. The third kappa shape index (κ3) is 5.34. The monoisotopic (exact) mass is 304 g/mol. The molecule has 1 amide bonds. The Balaban J connectivity index is 1.67. The van der Waals surface area contributed by atoms with E-state index in [9.17, 15) is 4.79 Å². The van der Waals surface area contributed by atoms with Gasteiger partial charge in [-0.3, -0.25) is 4.79 Å². The summed E-state index contributed by atoms with van der Waals surface area (Å²) in [5, 5.41) is 6.26.